The van der Waals surface area contributed by atoms with Crippen LogP contribution in [0.3, 0.4) is 0 Å². The van der Waals surface area contributed by atoms with Crippen LogP contribution >= 0.6 is 23.2 Å². The molecule has 2 rings (SSSR count). The van der Waals surface area contributed by atoms with Gasteiger partial charge in [-0.05, 0) is 36.8 Å². The summed E-state index contributed by atoms with van der Waals surface area (Å²) < 4.78 is 0. The number of amides is 1. The van der Waals surface area contributed by atoms with Gasteiger partial charge in [0.2, 0.25) is 0 Å². The summed E-state index contributed by atoms with van der Waals surface area (Å²) >= 11 is 11.7. The highest BCUT2D eigenvalue weighted by atomic mass is 35.5. The van der Waals surface area contributed by atoms with Crippen LogP contribution < -0.4 is 5.06 Å². The van der Waals surface area contributed by atoms with Crippen LogP contribution in [0.2, 0.25) is 10.0 Å². The molecule has 4 nitrogen and oxygen atoms in total. The molecule has 21 heavy (non-hydrogen) atoms. The Morgan fingerprint density at radius 1 is 1.10 bits per heavy atom. The molecule has 0 saturated heterocycles. The maximum atomic E-state index is 12.3. The first-order valence-electron chi connectivity index (χ1n) is 6.10. The zero-order valence-electron chi connectivity index (χ0n) is 11.1. The van der Waals surface area contributed by atoms with E-state index < -0.39 is 11.5 Å². The molecule has 0 aromatic heterocycles. The summed E-state index contributed by atoms with van der Waals surface area (Å²) in [5, 5.41) is 21.5. The first-order valence-corrected chi connectivity index (χ1v) is 6.86. The van der Waals surface area contributed by atoms with Crippen molar-refractivity contribution in [3.63, 3.8) is 0 Å². The van der Waals surface area contributed by atoms with Crippen LogP contribution in [0.5, 0.6) is 0 Å². The van der Waals surface area contributed by atoms with Gasteiger partial charge in [-0.2, -0.15) is 5.06 Å². The van der Waals surface area contributed by atoms with Crippen molar-refractivity contribution >= 4 is 34.8 Å². The van der Waals surface area contributed by atoms with Gasteiger partial charge in [-0.25, -0.2) is 0 Å². The molecule has 0 aliphatic rings. The van der Waals surface area contributed by atoms with E-state index in [1.165, 1.54) is 31.2 Å². The Kier molecular flexibility index (Phi) is 4.54. The number of aliphatic hydroxyl groups is 1. The number of hydrogen-bond donors (Lipinski definition) is 2. The SMILES string of the molecule is CC(O)(C(=O)N(O)c1ccccc1Cl)c1ccc(Cl)cc1. The largest absolute Gasteiger partial charge is 0.375 e. The number of halogens is 2. The number of anilines is 1. The van der Waals surface area contributed by atoms with Crippen molar-refractivity contribution in [3.05, 3.63) is 64.1 Å². The Balaban J connectivity index is 2.34. The lowest BCUT2D eigenvalue weighted by Crippen LogP contribution is -2.43. The number of hydrogen-bond acceptors (Lipinski definition) is 3. The minimum absolute atomic E-state index is 0.0957. The molecule has 2 N–H and O–H groups in total. The predicted octanol–water partition coefficient (Wildman–Crippen LogP) is 3.62. The van der Waals surface area contributed by atoms with Crippen molar-refractivity contribution in [1.29, 1.82) is 0 Å². The van der Waals surface area contributed by atoms with Gasteiger partial charge >= 0.3 is 0 Å². The Morgan fingerprint density at radius 3 is 2.24 bits per heavy atom. The molecule has 1 atom stereocenters. The summed E-state index contributed by atoms with van der Waals surface area (Å²) in [5.74, 6) is -0.919. The fourth-order valence-corrected chi connectivity index (χ4v) is 2.18. The van der Waals surface area contributed by atoms with Crippen LogP contribution in [0, 0.1) is 0 Å². The minimum atomic E-state index is -1.92. The maximum absolute atomic E-state index is 12.3. The normalized spacial score (nSPS) is 13.6. The standard InChI is InChI=1S/C15H13Cl2NO3/c1-15(20,10-6-8-11(16)9-7-10)14(19)18(21)13-5-3-2-4-12(13)17/h2-9,20-21H,1H3. The van der Waals surface area contributed by atoms with Gasteiger partial charge in [-0.1, -0.05) is 47.5 Å². The first-order chi connectivity index (χ1) is 9.84. The second kappa shape index (κ2) is 6.03. The van der Waals surface area contributed by atoms with E-state index in [4.69, 9.17) is 23.2 Å². The molecule has 0 spiro atoms. The molecule has 0 saturated carbocycles. The van der Waals surface area contributed by atoms with Crippen LogP contribution in [-0.4, -0.2) is 16.2 Å². The third-order valence-corrected chi connectivity index (χ3v) is 3.67. The molecule has 0 aliphatic heterocycles. The maximum Gasteiger partial charge on any atom is 0.286 e. The van der Waals surface area contributed by atoms with Gasteiger partial charge in [-0.3, -0.25) is 10.0 Å². The number of carbonyl (C=O) groups excluding carboxylic acids is 1. The van der Waals surface area contributed by atoms with E-state index in [1.807, 2.05) is 0 Å². The van der Waals surface area contributed by atoms with Crippen LogP contribution in [0.4, 0.5) is 5.69 Å². The topological polar surface area (TPSA) is 60.8 Å². The summed E-state index contributed by atoms with van der Waals surface area (Å²) in [6.07, 6.45) is 0. The van der Waals surface area contributed by atoms with E-state index in [0.717, 1.165) is 0 Å². The summed E-state index contributed by atoms with van der Waals surface area (Å²) in [5.41, 5.74) is -1.51. The molecule has 0 heterocycles. The van der Waals surface area contributed by atoms with E-state index in [2.05, 4.69) is 0 Å². The van der Waals surface area contributed by atoms with Crippen molar-refractivity contribution < 1.29 is 15.1 Å². The van der Waals surface area contributed by atoms with E-state index in [0.29, 0.717) is 15.6 Å². The first kappa shape index (κ1) is 15.8. The van der Waals surface area contributed by atoms with E-state index in [1.54, 1.807) is 24.3 Å². The molecule has 2 aromatic carbocycles. The molecule has 6 heteroatoms. The number of para-hydroxylation sites is 1. The third-order valence-electron chi connectivity index (χ3n) is 3.10. The summed E-state index contributed by atoms with van der Waals surface area (Å²) in [7, 11) is 0. The molecule has 0 radical (unpaired) electrons. The van der Waals surface area contributed by atoms with Gasteiger partial charge in [0.1, 0.15) is 0 Å². The second-order valence-electron chi connectivity index (χ2n) is 4.65. The lowest BCUT2D eigenvalue weighted by Gasteiger charge is -2.27. The number of hydroxylamine groups is 1. The number of nitrogens with zero attached hydrogens (tertiary/aromatic N) is 1. The zero-order chi connectivity index (χ0) is 15.6. The number of benzene rings is 2. The molecule has 0 fully saturated rings. The average Bonchev–Trinajstić information content (AvgIpc) is 2.46. The van der Waals surface area contributed by atoms with Crippen molar-refractivity contribution in [2.75, 3.05) is 5.06 Å². The Morgan fingerprint density at radius 2 is 1.67 bits per heavy atom. The highest BCUT2D eigenvalue weighted by molar-refractivity contribution is 6.33. The lowest BCUT2D eigenvalue weighted by molar-refractivity contribution is -0.141. The highest BCUT2D eigenvalue weighted by Crippen LogP contribution is 2.30. The molecule has 0 aliphatic carbocycles. The minimum Gasteiger partial charge on any atom is -0.375 e. The fourth-order valence-electron chi connectivity index (χ4n) is 1.84. The molecule has 2 aromatic rings. The van der Waals surface area contributed by atoms with Crippen molar-refractivity contribution in [2.24, 2.45) is 0 Å². The van der Waals surface area contributed by atoms with Crippen LogP contribution in [0.1, 0.15) is 12.5 Å². The molecule has 1 amide bonds. The van der Waals surface area contributed by atoms with Crippen LogP contribution in [0.25, 0.3) is 0 Å². The van der Waals surface area contributed by atoms with Gasteiger partial charge in [0, 0.05) is 5.02 Å². The smallest absolute Gasteiger partial charge is 0.286 e. The van der Waals surface area contributed by atoms with Gasteiger partial charge in [0.25, 0.3) is 5.91 Å². The third kappa shape index (κ3) is 3.19. The van der Waals surface area contributed by atoms with E-state index >= 15 is 0 Å². The van der Waals surface area contributed by atoms with Crippen LogP contribution in [0.15, 0.2) is 48.5 Å². The molecule has 1 unspecified atom stereocenters. The Hall–Kier alpha value is -1.59. The quantitative estimate of drug-likeness (QED) is 0.669. The number of rotatable bonds is 3. The molecular formula is C15H13Cl2NO3. The number of carbonyl (C=O) groups is 1. The fraction of sp³-hybridized carbons (Fsp3) is 0.133. The van der Waals surface area contributed by atoms with Crippen molar-refractivity contribution in [1.82, 2.24) is 0 Å². The summed E-state index contributed by atoms with van der Waals surface area (Å²) in [6.45, 7) is 1.29. The van der Waals surface area contributed by atoms with Gasteiger partial charge in [0.05, 0.1) is 10.7 Å². The average molecular weight is 326 g/mol. The lowest BCUT2D eigenvalue weighted by atomic mass is 9.95. The van der Waals surface area contributed by atoms with Crippen molar-refractivity contribution in [2.45, 2.75) is 12.5 Å². The van der Waals surface area contributed by atoms with Crippen molar-refractivity contribution in [3.8, 4) is 0 Å². The van der Waals surface area contributed by atoms with Crippen LogP contribution in [-0.2, 0) is 10.4 Å². The van der Waals surface area contributed by atoms with E-state index in [9.17, 15) is 15.1 Å². The monoisotopic (exact) mass is 325 g/mol. The summed E-state index contributed by atoms with van der Waals surface area (Å²) in [6, 6.07) is 12.4. The summed E-state index contributed by atoms with van der Waals surface area (Å²) in [4.78, 5) is 12.3. The Labute approximate surface area is 132 Å². The van der Waals surface area contributed by atoms with E-state index in [-0.39, 0.29) is 10.7 Å². The molecule has 0 bridgehead atoms. The molecular weight excluding hydrogens is 313 g/mol. The van der Waals surface area contributed by atoms with Gasteiger partial charge < -0.3 is 5.11 Å². The second-order valence-corrected chi connectivity index (χ2v) is 5.49. The zero-order valence-corrected chi connectivity index (χ0v) is 12.6. The van der Waals surface area contributed by atoms with Gasteiger partial charge in [-0.15, -0.1) is 0 Å². The van der Waals surface area contributed by atoms with Gasteiger partial charge in [0.15, 0.2) is 5.60 Å². The Bertz CT molecular complexity index is 656. The molecule has 110 valence electrons. The predicted molar refractivity (Wildman–Crippen MR) is 81.7 cm³/mol. The highest BCUT2D eigenvalue weighted by Gasteiger charge is 2.37.